The van der Waals surface area contributed by atoms with Gasteiger partial charge in [0.15, 0.2) is 11.5 Å². The van der Waals surface area contributed by atoms with Gasteiger partial charge in [-0.15, -0.1) is 0 Å². The maximum Gasteiger partial charge on any atom is 0.359 e. The number of carbonyl (C=O) groups excluding carboxylic acids is 1. The summed E-state index contributed by atoms with van der Waals surface area (Å²) in [5.41, 5.74) is 4.26. The molecule has 0 aliphatic rings. The number of esters is 1. The lowest BCUT2D eigenvalue weighted by atomic mass is 10.1. The van der Waals surface area contributed by atoms with Crippen LogP contribution < -0.4 is 4.74 Å². The summed E-state index contributed by atoms with van der Waals surface area (Å²) in [6.45, 7) is 5.81. The minimum atomic E-state index is -0.563. The van der Waals surface area contributed by atoms with Crippen molar-refractivity contribution in [2.75, 3.05) is 13.7 Å². The average molecular weight is 496 g/mol. The van der Waals surface area contributed by atoms with Gasteiger partial charge >= 0.3 is 5.97 Å². The van der Waals surface area contributed by atoms with Crippen LogP contribution in [0.15, 0.2) is 54.6 Å². The Kier molecular flexibility index (Phi) is 6.91. The Labute approximate surface area is 208 Å². The van der Waals surface area contributed by atoms with Gasteiger partial charge in [-0.05, 0) is 68.8 Å². The minimum absolute atomic E-state index is 0.125. The molecule has 174 valence electrons. The van der Waals surface area contributed by atoms with Crippen LogP contribution in [0.2, 0.25) is 10.0 Å². The number of nitrogens with zero attached hydrogens (tertiary/aromatic N) is 3. The number of hydrogen-bond acceptors (Lipinski definition) is 5. The van der Waals surface area contributed by atoms with E-state index in [2.05, 4.69) is 4.98 Å². The zero-order chi connectivity index (χ0) is 24.4. The molecular formula is C26H23Cl2N3O3. The lowest BCUT2D eigenvalue weighted by Gasteiger charge is -2.17. The van der Waals surface area contributed by atoms with Gasteiger partial charge in [0.25, 0.3) is 0 Å². The number of carbonyl (C=O) groups is 1. The Morgan fingerprint density at radius 3 is 2.44 bits per heavy atom. The summed E-state index contributed by atoms with van der Waals surface area (Å²) in [5.74, 6) is 0.431. The van der Waals surface area contributed by atoms with E-state index in [9.17, 15) is 4.79 Å². The molecule has 8 heteroatoms. The van der Waals surface area contributed by atoms with Gasteiger partial charge in [0.1, 0.15) is 11.4 Å². The molecule has 0 N–H and O–H groups in total. The van der Waals surface area contributed by atoms with Gasteiger partial charge in [-0.2, -0.15) is 0 Å². The molecule has 0 fully saturated rings. The molecule has 4 aromatic rings. The van der Waals surface area contributed by atoms with Crippen LogP contribution in [0, 0.1) is 13.8 Å². The van der Waals surface area contributed by atoms with Crippen molar-refractivity contribution in [2.45, 2.75) is 20.8 Å². The second-order valence-corrected chi connectivity index (χ2v) is 8.50. The molecule has 4 rings (SSSR count). The Hall–Kier alpha value is -3.35. The average Bonchev–Trinajstić information content (AvgIpc) is 3.21. The van der Waals surface area contributed by atoms with Gasteiger partial charge in [0.2, 0.25) is 0 Å². The summed E-state index contributed by atoms with van der Waals surface area (Å²) in [7, 11) is 1.56. The van der Waals surface area contributed by atoms with E-state index in [-0.39, 0.29) is 12.3 Å². The third-order valence-corrected chi connectivity index (χ3v) is 5.76. The maximum atomic E-state index is 13.2. The van der Waals surface area contributed by atoms with Crippen LogP contribution in [-0.2, 0) is 4.74 Å². The zero-order valence-electron chi connectivity index (χ0n) is 19.2. The molecule has 2 aromatic carbocycles. The number of pyridine rings is 1. The van der Waals surface area contributed by atoms with Crippen molar-refractivity contribution in [3.8, 4) is 34.2 Å². The normalized spacial score (nSPS) is 10.9. The van der Waals surface area contributed by atoms with Gasteiger partial charge in [0, 0.05) is 21.3 Å². The number of aryl methyl sites for hydroxylation is 2. The van der Waals surface area contributed by atoms with Crippen LogP contribution in [0.4, 0.5) is 0 Å². The van der Waals surface area contributed by atoms with Crippen LogP contribution in [-0.4, -0.2) is 34.2 Å². The highest BCUT2D eigenvalue weighted by atomic mass is 35.5. The van der Waals surface area contributed by atoms with Crippen LogP contribution in [0.25, 0.3) is 28.5 Å². The second-order valence-electron chi connectivity index (χ2n) is 7.63. The minimum Gasteiger partial charge on any atom is -0.496 e. The molecule has 2 aromatic heterocycles. The Morgan fingerprint density at radius 2 is 1.74 bits per heavy atom. The smallest absolute Gasteiger partial charge is 0.359 e. The first kappa shape index (κ1) is 23.8. The van der Waals surface area contributed by atoms with E-state index in [0.717, 1.165) is 16.9 Å². The quantitative estimate of drug-likeness (QED) is 0.278. The molecule has 0 saturated heterocycles. The van der Waals surface area contributed by atoms with Crippen molar-refractivity contribution in [1.29, 1.82) is 0 Å². The second kappa shape index (κ2) is 9.87. The van der Waals surface area contributed by atoms with E-state index < -0.39 is 5.97 Å². The lowest BCUT2D eigenvalue weighted by molar-refractivity contribution is 0.0521. The maximum absolute atomic E-state index is 13.2. The molecule has 2 heterocycles. The summed E-state index contributed by atoms with van der Waals surface area (Å²) in [6.07, 6.45) is 0. The molecule has 0 amide bonds. The van der Waals surface area contributed by atoms with Crippen molar-refractivity contribution in [2.24, 2.45) is 0 Å². The summed E-state index contributed by atoms with van der Waals surface area (Å²) in [4.78, 5) is 22.6. The van der Waals surface area contributed by atoms with E-state index in [1.165, 1.54) is 0 Å². The highest BCUT2D eigenvalue weighted by Crippen LogP contribution is 2.40. The molecule has 0 saturated carbocycles. The molecule has 6 nitrogen and oxygen atoms in total. The Bertz CT molecular complexity index is 1380. The van der Waals surface area contributed by atoms with Gasteiger partial charge < -0.3 is 9.47 Å². The highest BCUT2D eigenvalue weighted by molar-refractivity contribution is 6.31. The van der Waals surface area contributed by atoms with Gasteiger partial charge in [-0.3, -0.25) is 4.57 Å². The number of imidazole rings is 1. The predicted octanol–water partition coefficient (Wildman–Crippen LogP) is 6.71. The van der Waals surface area contributed by atoms with Crippen molar-refractivity contribution >= 4 is 29.2 Å². The first-order chi connectivity index (χ1) is 16.3. The van der Waals surface area contributed by atoms with E-state index in [1.54, 1.807) is 32.2 Å². The third-order valence-electron chi connectivity index (χ3n) is 5.29. The van der Waals surface area contributed by atoms with E-state index in [0.29, 0.717) is 38.6 Å². The number of methoxy groups -OCH3 is 1. The number of rotatable bonds is 6. The van der Waals surface area contributed by atoms with E-state index in [1.807, 2.05) is 54.8 Å². The van der Waals surface area contributed by atoms with Crippen molar-refractivity contribution in [3.63, 3.8) is 0 Å². The fourth-order valence-corrected chi connectivity index (χ4v) is 4.11. The molecule has 34 heavy (non-hydrogen) atoms. The number of hydrogen-bond donors (Lipinski definition) is 0. The van der Waals surface area contributed by atoms with E-state index >= 15 is 0 Å². The summed E-state index contributed by atoms with van der Waals surface area (Å²) in [6, 6.07) is 16.4. The summed E-state index contributed by atoms with van der Waals surface area (Å²) in [5, 5.41) is 1.02. The van der Waals surface area contributed by atoms with Crippen LogP contribution >= 0.6 is 23.2 Å². The number of aromatic nitrogens is 3. The number of ether oxygens (including phenoxy) is 2. The van der Waals surface area contributed by atoms with Gasteiger partial charge in [0.05, 0.1) is 25.1 Å². The van der Waals surface area contributed by atoms with E-state index in [4.69, 9.17) is 37.7 Å². The largest absolute Gasteiger partial charge is 0.496 e. The number of halogens is 2. The Balaban J connectivity index is 2.19. The van der Waals surface area contributed by atoms with Crippen molar-refractivity contribution in [3.05, 3.63) is 81.6 Å². The fraction of sp³-hybridized carbons (Fsp3) is 0.192. The molecule has 0 radical (unpaired) electrons. The highest BCUT2D eigenvalue weighted by Gasteiger charge is 2.29. The molecule has 0 bridgehead atoms. The van der Waals surface area contributed by atoms with Crippen LogP contribution in [0.1, 0.15) is 28.7 Å². The van der Waals surface area contributed by atoms with Crippen molar-refractivity contribution < 1.29 is 14.3 Å². The lowest BCUT2D eigenvalue weighted by Crippen LogP contribution is -2.09. The molecule has 0 aliphatic carbocycles. The fourth-order valence-electron chi connectivity index (χ4n) is 3.77. The predicted molar refractivity (Wildman–Crippen MR) is 134 cm³/mol. The monoisotopic (exact) mass is 495 g/mol. The van der Waals surface area contributed by atoms with Gasteiger partial charge in [-0.1, -0.05) is 35.3 Å². The Morgan fingerprint density at radius 1 is 1.00 bits per heavy atom. The molecule has 0 unspecified atom stereocenters. The molecule has 0 spiro atoms. The standard InChI is InChI=1S/C26H23Cl2N3O3/c1-5-34-26(32)23-24(19-13-17(27)11-12-22(19)33-4)31(21-14-18(28)10-9-15(21)2)25(30-23)20-8-6-7-16(3)29-20/h6-14H,5H2,1-4H3. The van der Waals surface area contributed by atoms with Crippen LogP contribution in [0.3, 0.4) is 0 Å². The van der Waals surface area contributed by atoms with Crippen molar-refractivity contribution in [1.82, 2.24) is 14.5 Å². The topological polar surface area (TPSA) is 66.2 Å². The molecular weight excluding hydrogens is 473 g/mol. The summed E-state index contributed by atoms with van der Waals surface area (Å²) >= 11 is 12.8. The third kappa shape index (κ3) is 4.52. The molecule has 0 atom stereocenters. The SMILES string of the molecule is CCOC(=O)c1nc(-c2cccc(C)n2)n(-c2cc(Cl)ccc2C)c1-c1cc(Cl)ccc1OC. The van der Waals surface area contributed by atoms with Crippen LogP contribution in [0.5, 0.6) is 5.75 Å². The zero-order valence-corrected chi connectivity index (χ0v) is 20.7. The summed E-state index contributed by atoms with van der Waals surface area (Å²) < 4.78 is 12.9. The van der Waals surface area contributed by atoms with Gasteiger partial charge in [-0.25, -0.2) is 14.8 Å². The number of benzene rings is 2. The first-order valence-electron chi connectivity index (χ1n) is 10.7. The first-order valence-corrected chi connectivity index (χ1v) is 11.4. The molecule has 0 aliphatic heterocycles.